The highest BCUT2D eigenvalue weighted by Gasteiger charge is 2.17. The first-order valence-corrected chi connectivity index (χ1v) is 2.88. The Hall–Kier alpha value is -1.40. The minimum Gasteiger partial charge on any atom is -0.435 e. The Bertz CT molecular complexity index is 176. The van der Waals surface area contributed by atoms with E-state index in [1.807, 2.05) is 0 Å². The molecule has 0 amide bonds. The van der Waals surface area contributed by atoms with E-state index >= 15 is 0 Å². The van der Waals surface area contributed by atoms with Crippen LogP contribution in [-0.4, -0.2) is 35.7 Å². The Morgan fingerprint density at radius 2 is 1.42 bits per heavy atom. The number of carbonyl (C=O) groups excluding carboxylic acids is 2. The molecule has 0 bridgehead atoms. The van der Waals surface area contributed by atoms with Gasteiger partial charge in [0.15, 0.2) is 13.6 Å². The number of aliphatic hydroxyl groups excluding tert-OH is 2. The Balaban J connectivity index is 4.01. The van der Waals surface area contributed by atoms with Crippen molar-refractivity contribution in [1.82, 2.24) is 0 Å². The number of hydrogen-bond acceptors (Lipinski definition) is 6. The molecule has 0 spiro atoms. The normalized spacial score (nSPS) is 8.83. The van der Waals surface area contributed by atoms with Crippen molar-refractivity contribution >= 4 is 11.9 Å². The van der Waals surface area contributed by atoms with Gasteiger partial charge in [-0.05, 0) is 0 Å². The summed E-state index contributed by atoms with van der Waals surface area (Å²) in [5, 5.41) is 16.2. The van der Waals surface area contributed by atoms with E-state index in [9.17, 15) is 9.59 Å². The number of aliphatic hydroxyl groups is 2. The summed E-state index contributed by atoms with van der Waals surface area (Å²) < 4.78 is 8.01. The lowest BCUT2D eigenvalue weighted by molar-refractivity contribution is -0.155. The van der Waals surface area contributed by atoms with E-state index in [1.165, 1.54) is 0 Å². The van der Waals surface area contributed by atoms with Crippen molar-refractivity contribution in [1.29, 1.82) is 0 Å². The summed E-state index contributed by atoms with van der Waals surface area (Å²) >= 11 is 0. The van der Waals surface area contributed by atoms with E-state index in [1.54, 1.807) is 0 Å². The maximum atomic E-state index is 10.6. The molecule has 68 valence electrons. The highest BCUT2D eigenvalue weighted by Crippen LogP contribution is 1.97. The molecular formula is C6H8O6. The second kappa shape index (κ2) is 5.28. The molecule has 0 aromatic heterocycles. The molecule has 0 atom stereocenters. The lowest BCUT2D eigenvalue weighted by atomic mass is 10.3. The smallest absolute Gasteiger partial charge is 0.347 e. The second-order valence-corrected chi connectivity index (χ2v) is 1.60. The third-order valence-electron chi connectivity index (χ3n) is 0.884. The van der Waals surface area contributed by atoms with Gasteiger partial charge < -0.3 is 19.7 Å². The molecule has 0 aromatic carbocycles. The maximum Gasteiger partial charge on any atom is 0.347 e. The average Bonchev–Trinajstić information content (AvgIpc) is 2.04. The fraction of sp³-hybridized carbons (Fsp3) is 0.333. The van der Waals surface area contributed by atoms with Crippen molar-refractivity contribution in [2.75, 3.05) is 13.6 Å². The number of rotatable bonds is 4. The van der Waals surface area contributed by atoms with E-state index in [0.29, 0.717) is 0 Å². The Labute approximate surface area is 68.0 Å². The summed E-state index contributed by atoms with van der Waals surface area (Å²) in [7, 11) is 0. The van der Waals surface area contributed by atoms with Crippen LogP contribution in [0.25, 0.3) is 0 Å². The lowest BCUT2D eigenvalue weighted by Crippen LogP contribution is -2.18. The summed E-state index contributed by atoms with van der Waals surface area (Å²) in [6, 6.07) is 0. The van der Waals surface area contributed by atoms with Crippen LogP contribution < -0.4 is 0 Å². The van der Waals surface area contributed by atoms with Gasteiger partial charge in [-0.2, -0.15) is 0 Å². The van der Waals surface area contributed by atoms with Gasteiger partial charge in [-0.25, -0.2) is 9.59 Å². The molecule has 0 aliphatic carbocycles. The van der Waals surface area contributed by atoms with Gasteiger partial charge in [0.25, 0.3) is 0 Å². The van der Waals surface area contributed by atoms with Crippen LogP contribution in [0.2, 0.25) is 0 Å². The third-order valence-corrected chi connectivity index (χ3v) is 0.884. The number of esters is 2. The molecule has 0 radical (unpaired) electrons. The third kappa shape index (κ3) is 3.13. The van der Waals surface area contributed by atoms with Crippen LogP contribution >= 0.6 is 0 Å². The van der Waals surface area contributed by atoms with Crippen LogP contribution in [0.3, 0.4) is 0 Å². The molecule has 0 unspecified atom stereocenters. The molecule has 0 rings (SSSR count). The SMILES string of the molecule is C=C(C(=O)OCO)C(=O)OCO. The van der Waals surface area contributed by atoms with Crippen molar-refractivity contribution in [3.63, 3.8) is 0 Å². The van der Waals surface area contributed by atoms with Crippen LogP contribution in [-0.2, 0) is 19.1 Å². The molecule has 0 aliphatic heterocycles. The molecule has 0 aromatic rings. The summed E-state index contributed by atoms with van der Waals surface area (Å²) in [6.07, 6.45) is 0. The quantitative estimate of drug-likeness (QED) is 0.178. The first-order valence-electron chi connectivity index (χ1n) is 2.88. The molecule has 0 aliphatic rings. The van der Waals surface area contributed by atoms with Crippen molar-refractivity contribution in [2.45, 2.75) is 0 Å². The molecule has 0 fully saturated rings. The fourth-order valence-electron chi connectivity index (χ4n) is 0.375. The van der Waals surface area contributed by atoms with Crippen LogP contribution in [0.4, 0.5) is 0 Å². The topological polar surface area (TPSA) is 93.1 Å². The van der Waals surface area contributed by atoms with Crippen molar-refractivity contribution in [2.24, 2.45) is 0 Å². The highest BCUT2D eigenvalue weighted by molar-refractivity contribution is 6.13. The van der Waals surface area contributed by atoms with E-state index in [2.05, 4.69) is 16.1 Å². The largest absolute Gasteiger partial charge is 0.435 e. The van der Waals surface area contributed by atoms with E-state index in [-0.39, 0.29) is 0 Å². The average molecular weight is 176 g/mol. The second-order valence-electron chi connectivity index (χ2n) is 1.60. The van der Waals surface area contributed by atoms with Gasteiger partial charge in [0, 0.05) is 0 Å². The van der Waals surface area contributed by atoms with E-state index in [0.717, 1.165) is 0 Å². The van der Waals surface area contributed by atoms with Gasteiger partial charge in [-0.15, -0.1) is 0 Å². The first-order chi connectivity index (χ1) is 5.63. The van der Waals surface area contributed by atoms with Gasteiger partial charge in [0.1, 0.15) is 5.57 Å². The predicted molar refractivity (Wildman–Crippen MR) is 35.5 cm³/mol. The Kier molecular flexibility index (Phi) is 4.66. The minimum atomic E-state index is -1.09. The zero-order valence-corrected chi connectivity index (χ0v) is 6.15. The summed E-state index contributed by atoms with van der Waals surface area (Å²) in [5.41, 5.74) is -0.585. The van der Waals surface area contributed by atoms with Crippen molar-refractivity contribution < 1.29 is 29.3 Å². The van der Waals surface area contributed by atoms with Gasteiger partial charge in [0.2, 0.25) is 0 Å². The predicted octanol–water partition coefficient (Wildman–Crippen LogP) is -1.47. The van der Waals surface area contributed by atoms with Crippen LogP contribution in [0, 0.1) is 0 Å². The molecule has 6 nitrogen and oxygen atoms in total. The van der Waals surface area contributed by atoms with Crippen molar-refractivity contribution in [3.8, 4) is 0 Å². The molecule has 0 saturated heterocycles. The number of carbonyl (C=O) groups is 2. The Morgan fingerprint density at radius 1 is 1.08 bits per heavy atom. The molecule has 6 heteroatoms. The molecular weight excluding hydrogens is 168 g/mol. The molecule has 12 heavy (non-hydrogen) atoms. The zero-order chi connectivity index (χ0) is 9.56. The lowest BCUT2D eigenvalue weighted by Gasteiger charge is -2.02. The first kappa shape index (κ1) is 10.6. The fourth-order valence-corrected chi connectivity index (χ4v) is 0.375. The van der Waals surface area contributed by atoms with Crippen LogP contribution in [0.15, 0.2) is 12.2 Å². The minimum absolute atomic E-state index is 0.585. The molecule has 0 heterocycles. The maximum absolute atomic E-state index is 10.6. The highest BCUT2D eigenvalue weighted by atomic mass is 16.6. The zero-order valence-electron chi connectivity index (χ0n) is 6.15. The number of ether oxygens (including phenoxy) is 2. The summed E-state index contributed by atoms with van der Waals surface area (Å²) in [4.78, 5) is 21.2. The van der Waals surface area contributed by atoms with Gasteiger partial charge >= 0.3 is 11.9 Å². The Morgan fingerprint density at radius 3 is 1.67 bits per heavy atom. The van der Waals surface area contributed by atoms with E-state index < -0.39 is 31.1 Å². The number of hydrogen-bond donors (Lipinski definition) is 2. The molecule has 2 N–H and O–H groups in total. The van der Waals surface area contributed by atoms with Crippen molar-refractivity contribution in [3.05, 3.63) is 12.2 Å². The van der Waals surface area contributed by atoms with Crippen LogP contribution in [0.5, 0.6) is 0 Å². The molecule has 0 saturated carbocycles. The van der Waals surface area contributed by atoms with Crippen LogP contribution in [0.1, 0.15) is 0 Å². The summed E-state index contributed by atoms with van der Waals surface area (Å²) in [6.45, 7) is 1.33. The van der Waals surface area contributed by atoms with Gasteiger partial charge in [0.05, 0.1) is 0 Å². The monoisotopic (exact) mass is 176 g/mol. The van der Waals surface area contributed by atoms with Gasteiger partial charge in [-0.1, -0.05) is 6.58 Å². The standard InChI is InChI=1S/C6H8O6/c1-4(5(9)11-2-7)6(10)12-3-8/h7-8H,1-3H2. The van der Waals surface area contributed by atoms with Gasteiger partial charge in [-0.3, -0.25) is 0 Å². The summed E-state index contributed by atoms with van der Waals surface area (Å²) in [5.74, 6) is -2.17. The van der Waals surface area contributed by atoms with E-state index in [4.69, 9.17) is 10.2 Å².